The van der Waals surface area contributed by atoms with E-state index in [1.54, 1.807) is 30.5 Å². The molecule has 2 amide bonds. The summed E-state index contributed by atoms with van der Waals surface area (Å²) in [6.45, 7) is 2.64. The van der Waals surface area contributed by atoms with Crippen LogP contribution in [-0.4, -0.2) is 24.6 Å². The Bertz CT molecular complexity index is 1340. The van der Waals surface area contributed by atoms with Crippen LogP contribution in [0.3, 0.4) is 0 Å². The van der Waals surface area contributed by atoms with Gasteiger partial charge in [0.05, 0.1) is 25.3 Å². The second kappa shape index (κ2) is 12.3. The predicted octanol–water partition coefficient (Wildman–Crippen LogP) is 5.64. The van der Waals surface area contributed by atoms with E-state index < -0.39 is 6.04 Å². The van der Waals surface area contributed by atoms with Crippen LogP contribution < -0.4 is 15.5 Å². The van der Waals surface area contributed by atoms with Crippen molar-refractivity contribution in [3.63, 3.8) is 0 Å². The van der Waals surface area contributed by atoms with E-state index in [0.717, 1.165) is 28.3 Å². The molecule has 0 unspecified atom stereocenters. The number of fused-ring (bicyclic) bond motifs is 1. The van der Waals surface area contributed by atoms with Gasteiger partial charge in [-0.1, -0.05) is 85.8 Å². The van der Waals surface area contributed by atoms with E-state index in [2.05, 4.69) is 22.8 Å². The average Bonchev–Trinajstić information content (AvgIpc) is 2.93. The molecular formula is C30H29N3O3. The molecule has 6 heteroatoms. The van der Waals surface area contributed by atoms with E-state index in [1.807, 2.05) is 72.8 Å². The molecule has 0 radical (unpaired) electrons. The maximum Gasteiger partial charge on any atom is 0.251 e. The van der Waals surface area contributed by atoms with Gasteiger partial charge in [-0.3, -0.25) is 9.59 Å². The number of benzene rings is 4. The molecule has 0 spiro atoms. The van der Waals surface area contributed by atoms with E-state index in [9.17, 15) is 9.59 Å². The highest BCUT2D eigenvalue weighted by Gasteiger charge is 2.19. The van der Waals surface area contributed by atoms with E-state index in [-0.39, 0.29) is 18.2 Å². The number of hydrogen-bond donors (Lipinski definition) is 2. The number of hydrogen-bond acceptors (Lipinski definition) is 4. The van der Waals surface area contributed by atoms with Gasteiger partial charge in [0, 0.05) is 11.1 Å². The second-order valence-corrected chi connectivity index (χ2v) is 8.35. The third kappa shape index (κ3) is 6.36. The zero-order valence-corrected chi connectivity index (χ0v) is 20.2. The Balaban J connectivity index is 1.49. The van der Waals surface area contributed by atoms with Crippen LogP contribution in [0.4, 0.5) is 0 Å². The Kier molecular flexibility index (Phi) is 8.44. The quantitative estimate of drug-likeness (QED) is 0.228. The first kappa shape index (κ1) is 24.7. The van der Waals surface area contributed by atoms with Gasteiger partial charge < -0.3 is 10.1 Å². The topological polar surface area (TPSA) is 79.8 Å². The first-order valence-corrected chi connectivity index (χ1v) is 12.0. The Morgan fingerprint density at radius 2 is 1.58 bits per heavy atom. The molecule has 0 aliphatic rings. The normalized spacial score (nSPS) is 11.8. The molecule has 4 rings (SSSR count). The fraction of sp³-hybridized carbons (Fsp3) is 0.167. The molecule has 0 aliphatic heterocycles. The largest absolute Gasteiger partial charge is 0.493 e. The van der Waals surface area contributed by atoms with Crippen molar-refractivity contribution in [3.8, 4) is 5.75 Å². The molecule has 1 atom stereocenters. The van der Waals surface area contributed by atoms with E-state index >= 15 is 0 Å². The lowest BCUT2D eigenvalue weighted by atomic mass is 10.0. The Morgan fingerprint density at radius 1 is 0.889 bits per heavy atom. The second-order valence-electron chi connectivity index (χ2n) is 8.35. The number of hydrazone groups is 1. The van der Waals surface area contributed by atoms with Crippen LogP contribution >= 0.6 is 0 Å². The van der Waals surface area contributed by atoms with Crippen molar-refractivity contribution >= 4 is 28.8 Å². The van der Waals surface area contributed by atoms with Crippen molar-refractivity contribution in [1.29, 1.82) is 0 Å². The molecule has 182 valence electrons. The van der Waals surface area contributed by atoms with Crippen molar-refractivity contribution < 1.29 is 14.3 Å². The molecule has 0 bridgehead atoms. The van der Waals surface area contributed by atoms with Crippen LogP contribution in [0.15, 0.2) is 102 Å². The Hall–Kier alpha value is -4.45. The maximum atomic E-state index is 12.8. The smallest absolute Gasteiger partial charge is 0.251 e. The lowest BCUT2D eigenvalue weighted by Gasteiger charge is -2.18. The molecule has 0 fully saturated rings. The van der Waals surface area contributed by atoms with Gasteiger partial charge in [-0.25, -0.2) is 5.43 Å². The van der Waals surface area contributed by atoms with Gasteiger partial charge in [0.2, 0.25) is 5.91 Å². The minimum Gasteiger partial charge on any atom is -0.493 e. The first-order valence-electron chi connectivity index (χ1n) is 12.0. The van der Waals surface area contributed by atoms with Crippen LogP contribution in [0.5, 0.6) is 5.75 Å². The maximum absolute atomic E-state index is 12.8. The van der Waals surface area contributed by atoms with Crippen molar-refractivity contribution in [3.05, 3.63) is 114 Å². The summed E-state index contributed by atoms with van der Waals surface area (Å²) in [6.07, 6.45) is 2.54. The summed E-state index contributed by atoms with van der Waals surface area (Å²) in [6, 6.07) is 29.8. The Labute approximate surface area is 211 Å². The van der Waals surface area contributed by atoms with E-state index in [1.165, 1.54) is 0 Å². The molecule has 36 heavy (non-hydrogen) atoms. The molecule has 4 aromatic carbocycles. The van der Waals surface area contributed by atoms with Crippen LogP contribution in [0.2, 0.25) is 0 Å². The summed E-state index contributed by atoms with van der Waals surface area (Å²) in [7, 11) is 0. The minimum absolute atomic E-state index is 0.0364. The van der Waals surface area contributed by atoms with Gasteiger partial charge in [-0.2, -0.15) is 5.10 Å². The van der Waals surface area contributed by atoms with Gasteiger partial charge in [0.1, 0.15) is 5.75 Å². The molecule has 4 aromatic rings. The van der Waals surface area contributed by atoms with Gasteiger partial charge in [-0.05, 0) is 41.0 Å². The number of carbonyl (C=O) groups excluding carboxylic acids is 2. The van der Waals surface area contributed by atoms with Crippen LogP contribution in [-0.2, 0) is 4.79 Å². The van der Waals surface area contributed by atoms with Gasteiger partial charge in [-0.15, -0.1) is 0 Å². The molecule has 0 saturated carbocycles. The van der Waals surface area contributed by atoms with Crippen molar-refractivity contribution in [2.45, 2.75) is 25.8 Å². The number of amides is 2. The molecule has 2 N–H and O–H groups in total. The average molecular weight is 480 g/mol. The molecule has 0 heterocycles. The minimum atomic E-state index is -0.505. The standard InChI is InChI=1S/C30H29N3O3/c1-2-19-36-28-18-17-22-11-9-10-16-25(22)26(28)21-31-33-29(34)20-27(23-12-5-3-6-13-23)32-30(35)24-14-7-4-8-15-24/h3-18,21,27H,2,19-20H2,1H3,(H,32,35)(H,33,34)/b31-21-/t27-/m1/s1. The Morgan fingerprint density at radius 3 is 2.33 bits per heavy atom. The highest BCUT2D eigenvalue weighted by molar-refractivity contribution is 6.02. The van der Waals surface area contributed by atoms with Crippen LogP contribution in [0, 0.1) is 0 Å². The molecular weight excluding hydrogens is 450 g/mol. The number of ether oxygens (including phenoxy) is 1. The van der Waals surface area contributed by atoms with Crippen molar-refractivity contribution in [2.75, 3.05) is 6.61 Å². The highest BCUT2D eigenvalue weighted by atomic mass is 16.5. The van der Waals surface area contributed by atoms with Crippen LogP contribution in [0.25, 0.3) is 10.8 Å². The van der Waals surface area contributed by atoms with Crippen molar-refractivity contribution in [1.82, 2.24) is 10.7 Å². The predicted molar refractivity (Wildman–Crippen MR) is 143 cm³/mol. The summed E-state index contributed by atoms with van der Waals surface area (Å²) in [5, 5.41) is 9.25. The summed E-state index contributed by atoms with van der Waals surface area (Å²) in [5.41, 5.74) is 4.79. The van der Waals surface area contributed by atoms with Crippen molar-refractivity contribution in [2.24, 2.45) is 5.10 Å². The fourth-order valence-corrected chi connectivity index (χ4v) is 3.92. The third-order valence-electron chi connectivity index (χ3n) is 5.71. The summed E-state index contributed by atoms with van der Waals surface area (Å²) < 4.78 is 5.91. The molecule has 0 saturated heterocycles. The highest BCUT2D eigenvalue weighted by Crippen LogP contribution is 2.27. The van der Waals surface area contributed by atoms with Crippen LogP contribution in [0.1, 0.15) is 47.3 Å². The number of nitrogens with one attached hydrogen (secondary N) is 2. The zero-order valence-electron chi connectivity index (χ0n) is 20.2. The number of carbonyl (C=O) groups is 2. The number of rotatable bonds is 10. The number of nitrogens with zero attached hydrogens (tertiary/aromatic N) is 1. The van der Waals surface area contributed by atoms with E-state index in [4.69, 9.17) is 4.74 Å². The summed E-state index contributed by atoms with van der Waals surface area (Å²) in [5.74, 6) is 0.157. The molecule has 0 aromatic heterocycles. The molecule has 6 nitrogen and oxygen atoms in total. The zero-order chi connectivity index (χ0) is 25.2. The van der Waals surface area contributed by atoms with Gasteiger partial charge in [0.15, 0.2) is 0 Å². The first-order chi connectivity index (χ1) is 17.7. The monoisotopic (exact) mass is 479 g/mol. The van der Waals surface area contributed by atoms with Gasteiger partial charge >= 0.3 is 0 Å². The fourth-order valence-electron chi connectivity index (χ4n) is 3.92. The van der Waals surface area contributed by atoms with Gasteiger partial charge in [0.25, 0.3) is 5.91 Å². The summed E-state index contributed by atoms with van der Waals surface area (Å²) in [4.78, 5) is 25.6. The lowest BCUT2D eigenvalue weighted by Crippen LogP contribution is -2.32. The lowest BCUT2D eigenvalue weighted by molar-refractivity contribution is -0.121. The SMILES string of the molecule is CCCOc1ccc2ccccc2c1/C=N\NC(=O)C[C@@H](NC(=O)c1ccccc1)c1ccccc1. The molecule has 0 aliphatic carbocycles. The third-order valence-corrected chi connectivity index (χ3v) is 5.71. The summed E-state index contributed by atoms with van der Waals surface area (Å²) >= 11 is 0. The van der Waals surface area contributed by atoms with E-state index in [0.29, 0.717) is 17.9 Å².